The summed E-state index contributed by atoms with van der Waals surface area (Å²) in [5.41, 5.74) is 0. The van der Waals surface area contributed by atoms with Crippen LogP contribution in [0.2, 0.25) is 0 Å². The summed E-state index contributed by atoms with van der Waals surface area (Å²) in [5, 5.41) is 5.15. The number of thiophene rings is 1. The van der Waals surface area contributed by atoms with E-state index in [1.54, 1.807) is 11.3 Å². The molecule has 0 saturated carbocycles. The van der Waals surface area contributed by atoms with Crippen LogP contribution >= 0.6 is 11.3 Å². The van der Waals surface area contributed by atoms with Gasteiger partial charge in [-0.3, -0.25) is 14.5 Å². The molecule has 27 heavy (non-hydrogen) atoms. The zero-order chi connectivity index (χ0) is 19.2. The maximum absolute atomic E-state index is 13.0. The van der Waals surface area contributed by atoms with Crippen molar-refractivity contribution < 1.29 is 9.59 Å². The summed E-state index contributed by atoms with van der Waals surface area (Å²) in [4.78, 5) is 31.1. The Hall–Kier alpha value is -1.40. The molecule has 3 atom stereocenters. The van der Waals surface area contributed by atoms with Crippen molar-refractivity contribution in [1.82, 2.24) is 15.1 Å². The van der Waals surface area contributed by atoms with Gasteiger partial charge in [-0.25, -0.2) is 0 Å². The number of nitrogens with zero attached hydrogens (tertiary/aromatic N) is 2. The molecule has 2 amide bonds. The van der Waals surface area contributed by atoms with Crippen LogP contribution in [0.3, 0.4) is 0 Å². The number of piperidine rings is 1. The van der Waals surface area contributed by atoms with E-state index >= 15 is 0 Å². The summed E-state index contributed by atoms with van der Waals surface area (Å²) in [6, 6.07) is 4.80. The summed E-state index contributed by atoms with van der Waals surface area (Å²) >= 11 is 1.74. The van der Waals surface area contributed by atoms with Crippen molar-refractivity contribution in [2.24, 2.45) is 5.92 Å². The van der Waals surface area contributed by atoms with E-state index in [4.69, 9.17) is 0 Å². The Labute approximate surface area is 167 Å². The normalized spacial score (nSPS) is 26.3. The topological polar surface area (TPSA) is 52.7 Å². The third-order valence-electron chi connectivity index (χ3n) is 5.99. The molecule has 0 radical (unpaired) electrons. The van der Waals surface area contributed by atoms with Gasteiger partial charge < -0.3 is 10.2 Å². The Morgan fingerprint density at radius 2 is 2.15 bits per heavy atom. The maximum Gasteiger partial charge on any atom is 0.237 e. The third-order valence-corrected chi connectivity index (χ3v) is 6.97. The van der Waals surface area contributed by atoms with E-state index in [-0.39, 0.29) is 23.8 Å². The second-order valence-electron chi connectivity index (χ2n) is 7.96. The Kier molecular flexibility index (Phi) is 7.30. The van der Waals surface area contributed by atoms with Crippen molar-refractivity contribution in [2.75, 3.05) is 26.2 Å². The molecule has 150 valence electrons. The fourth-order valence-corrected chi connectivity index (χ4v) is 5.13. The van der Waals surface area contributed by atoms with Crippen molar-refractivity contribution in [3.63, 3.8) is 0 Å². The number of hydrogen-bond donors (Lipinski definition) is 1. The number of carbonyl (C=O) groups is 2. The lowest BCUT2D eigenvalue weighted by atomic mass is 9.92. The molecule has 0 bridgehead atoms. The molecule has 5 nitrogen and oxygen atoms in total. The number of hydrogen-bond acceptors (Lipinski definition) is 4. The zero-order valence-electron chi connectivity index (χ0n) is 16.7. The first-order chi connectivity index (χ1) is 13.1. The first-order valence-corrected chi connectivity index (χ1v) is 11.3. The highest BCUT2D eigenvalue weighted by molar-refractivity contribution is 7.10. The molecular weight excluding hydrogens is 358 g/mol. The minimum Gasteiger partial charge on any atom is -0.356 e. The molecule has 2 aliphatic rings. The number of unbranched alkanes of at least 4 members (excludes halogenated alkanes) is 1. The molecule has 3 heterocycles. The lowest BCUT2D eigenvalue weighted by Crippen LogP contribution is -2.50. The molecular formula is C21H33N3O2S. The zero-order valence-corrected chi connectivity index (χ0v) is 17.5. The fourth-order valence-electron chi connectivity index (χ4n) is 4.25. The van der Waals surface area contributed by atoms with Crippen molar-refractivity contribution in [3.05, 3.63) is 22.4 Å². The van der Waals surface area contributed by atoms with Crippen molar-refractivity contribution >= 4 is 23.2 Å². The second kappa shape index (κ2) is 9.69. The van der Waals surface area contributed by atoms with Gasteiger partial charge in [0.25, 0.3) is 0 Å². The molecule has 6 heteroatoms. The Morgan fingerprint density at radius 3 is 2.89 bits per heavy atom. The van der Waals surface area contributed by atoms with Gasteiger partial charge in [0.15, 0.2) is 0 Å². The molecule has 3 unspecified atom stereocenters. The lowest BCUT2D eigenvalue weighted by molar-refractivity contribution is -0.136. The van der Waals surface area contributed by atoms with E-state index in [0.29, 0.717) is 19.1 Å². The number of carbonyl (C=O) groups excluding carboxylic acids is 2. The van der Waals surface area contributed by atoms with Gasteiger partial charge in [-0.15, -0.1) is 11.3 Å². The smallest absolute Gasteiger partial charge is 0.237 e. The van der Waals surface area contributed by atoms with Gasteiger partial charge in [-0.2, -0.15) is 0 Å². The van der Waals surface area contributed by atoms with Gasteiger partial charge >= 0.3 is 0 Å². The van der Waals surface area contributed by atoms with Crippen molar-refractivity contribution in [1.29, 1.82) is 0 Å². The van der Waals surface area contributed by atoms with Gasteiger partial charge in [0.2, 0.25) is 11.8 Å². The van der Waals surface area contributed by atoms with Crippen LogP contribution in [-0.4, -0.2) is 53.8 Å². The minimum atomic E-state index is 0.0116. The lowest BCUT2D eigenvalue weighted by Gasteiger charge is -2.38. The second-order valence-corrected chi connectivity index (χ2v) is 8.94. The summed E-state index contributed by atoms with van der Waals surface area (Å²) in [7, 11) is 0. The molecule has 1 N–H and O–H groups in total. The van der Waals surface area contributed by atoms with E-state index in [9.17, 15) is 9.59 Å². The van der Waals surface area contributed by atoms with Crippen LogP contribution in [0.5, 0.6) is 0 Å². The van der Waals surface area contributed by atoms with Crippen LogP contribution in [0.4, 0.5) is 0 Å². The Bertz CT molecular complexity index is 619. The van der Waals surface area contributed by atoms with Crippen LogP contribution in [0.15, 0.2) is 17.5 Å². The highest BCUT2D eigenvalue weighted by atomic mass is 32.1. The molecule has 2 fully saturated rings. The van der Waals surface area contributed by atoms with Gasteiger partial charge in [0.1, 0.15) is 0 Å². The Balaban J connectivity index is 1.56. The van der Waals surface area contributed by atoms with Crippen molar-refractivity contribution in [2.45, 2.75) is 64.5 Å². The van der Waals surface area contributed by atoms with Crippen molar-refractivity contribution in [3.8, 4) is 0 Å². The molecule has 0 aliphatic carbocycles. The molecule has 1 aromatic heterocycles. The highest BCUT2D eigenvalue weighted by Crippen LogP contribution is 2.34. The fraction of sp³-hybridized carbons (Fsp3) is 0.714. The van der Waals surface area contributed by atoms with E-state index in [2.05, 4.69) is 46.5 Å². The average Bonchev–Trinajstić information content (AvgIpc) is 3.34. The van der Waals surface area contributed by atoms with Crippen LogP contribution in [0.25, 0.3) is 0 Å². The van der Waals surface area contributed by atoms with E-state index in [1.807, 2.05) is 0 Å². The molecule has 0 aromatic carbocycles. The van der Waals surface area contributed by atoms with E-state index < -0.39 is 0 Å². The van der Waals surface area contributed by atoms with Gasteiger partial charge in [0, 0.05) is 30.6 Å². The summed E-state index contributed by atoms with van der Waals surface area (Å²) in [5.74, 6) is 0.382. The van der Waals surface area contributed by atoms with Gasteiger partial charge in [-0.1, -0.05) is 19.4 Å². The standard InChI is InChI=1S/C21H33N3O2S/c1-3-4-11-22-21(26)17-10-9-16(2)23(14-17)15-20(25)24-12-5-7-18(24)19-8-6-13-27-19/h6,8,13,16-18H,3-5,7,9-12,14-15H2,1-2H3,(H,22,26). The quantitative estimate of drug-likeness (QED) is 0.725. The first-order valence-electron chi connectivity index (χ1n) is 10.4. The largest absolute Gasteiger partial charge is 0.356 e. The number of likely N-dealkylation sites (tertiary alicyclic amines) is 2. The van der Waals surface area contributed by atoms with Crippen LogP contribution in [-0.2, 0) is 9.59 Å². The molecule has 2 aliphatic heterocycles. The maximum atomic E-state index is 13.0. The molecule has 3 rings (SSSR count). The average molecular weight is 392 g/mol. The first kappa shape index (κ1) is 20.3. The van der Waals surface area contributed by atoms with E-state index in [1.165, 1.54) is 4.88 Å². The summed E-state index contributed by atoms with van der Waals surface area (Å²) in [6.07, 6.45) is 6.15. The van der Waals surface area contributed by atoms with Gasteiger partial charge in [-0.05, 0) is 50.5 Å². The van der Waals surface area contributed by atoms with Gasteiger partial charge in [0.05, 0.1) is 18.5 Å². The SMILES string of the molecule is CCCCNC(=O)C1CCC(C)N(CC(=O)N2CCCC2c2cccs2)C1. The number of rotatable bonds is 7. The Morgan fingerprint density at radius 1 is 1.30 bits per heavy atom. The van der Waals surface area contributed by atoms with Crippen LogP contribution in [0, 0.1) is 5.92 Å². The monoisotopic (exact) mass is 391 g/mol. The molecule has 2 saturated heterocycles. The molecule has 0 spiro atoms. The van der Waals surface area contributed by atoms with Crippen LogP contribution in [0.1, 0.15) is 63.3 Å². The summed E-state index contributed by atoms with van der Waals surface area (Å²) < 4.78 is 0. The minimum absolute atomic E-state index is 0.0116. The predicted molar refractivity (Wildman–Crippen MR) is 110 cm³/mol. The summed E-state index contributed by atoms with van der Waals surface area (Å²) in [6.45, 7) is 7.05. The third kappa shape index (κ3) is 5.11. The number of nitrogens with one attached hydrogen (secondary N) is 1. The van der Waals surface area contributed by atoms with Crippen LogP contribution < -0.4 is 5.32 Å². The highest BCUT2D eigenvalue weighted by Gasteiger charge is 2.35. The molecule has 1 aromatic rings. The predicted octanol–water partition coefficient (Wildman–Crippen LogP) is 3.43. The van der Waals surface area contributed by atoms with E-state index in [0.717, 1.165) is 51.6 Å². The number of amides is 2.